The molecule has 0 aliphatic carbocycles. The minimum absolute atomic E-state index is 0.554. The van der Waals surface area contributed by atoms with Crippen LogP contribution in [0.4, 0.5) is 0 Å². The lowest BCUT2D eigenvalue weighted by atomic mass is 9.88. The number of aliphatic hydroxyl groups is 12. The van der Waals surface area contributed by atoms with Crippen LogP contribution in [0.1, 0.15) is 20.3 Å². The summed E-state index contributed by atoms with van der Waals surface area (Å²) >= 11 is 1.13. The van der Waals surface area contributed by atoms with E-state index in [1.54, 1.807) is 30.3 Å². The van der Waals surface area contributed by atoms with Crippen LogP contribution in [-0.2, 0) is 47.5 Å². The van der Waals surface area contributed by atoms with E-state index in [-0.39, 0.29) is 0 Å². The largest absolute Gasteiger partial charge is 0.477 e. The molecule has 21 atom stereocenters. The lowest BCUT2D eigenvalue weighted by molar-refractivity contribution is -0.389. The van der Waals surface area contributed by atoms with E-state index in [0.717, 1.165) is 18.7 Å². The van der Waals surface area contributed by atoms with Gasteiger partial charge in [0.15, 0.2) is 12.6 Å². The van der Waals surface area contributed by atoms with Crippen molar-refractivity contribution < 1.29 is 114 Å². The first-order valence-corrected chi connectivity index (χ1v) is 20.7. The van der Waals surface area contributed by atoms with Crippen LogP contribution in [0.5, 0.6) is 0 Å². The average Bonchev–Trinajstić information content (AvgIpc) is 3.25. The highest BCUT2D eigenvalue weighted by Gasteiger charge is 2.60. The van der Waals surface area contributed by atoms with Gasteiger partial charge in [-0.1, -0.05) is 30.0 Å². The van der Waals surface area contributed by atoms with Crippen LogP contribution in [0, 0.1) is 0 Å². The van der Waals surface area contributed by atoms with Gasteiger partial charge in [-0.25, -0.2) is 4.79 Å². The molecule has 25 nitrogen and oxygen atoms in total. The molecule has 4 heterocycles. The number of hydrogen-bond donors (Lipinski definition) is 15. The number of nitrogens with one attached hydrogen (secondary N) is 2. The number of carbonyl (C=O) groups is 3. The van der Waals surface area contributed by atoms with Gasteiger partial charge in [0.05, 0.1) is 44.6 Å². The number of aliphatic hydroxyl groups excluding tert-OH is 12. The summed E-state index contributed by atoms with van der Waals surface area (Å²) in [6.07, 6.45) is -33.8. The van der Waals surface area contributed by atoms with Crippen LogP contribution < -0.4 is 10.6 Å². The summed E-state index contributed by atoms with van der Waals surface area (Å²) in [6, 6.07) is 6.04. The molecule has 0 radical (unpaired) electrons. The van der Waals surface area contributed by atoms with Crippen molar-refractivity contribution in [3.05, 3.63) is 30.3 Å². The summed E-state index contributed by atoms with van der Waals surface area (Å²) in [5.41, 5.74) is -0.960. The van der Waals surface area contributed by atoms with Gasteiger partial charge < -0.3 is 110 Å². The fraction of sp³-hybridized carbons (Fsp3) is 0.757. The lowest BCUT2D eigenvalue weighted by Crippen LogP contribution is -2.71. The highest BCUT2D eigenvalue weighted by Crippen LogP contribution is 2.40. The maximum Gasteiger partial charge on any atom is 0.364 e. The van der Waals surface area contributed by atoms with E-state index in [0.29, 0.717) is 4.90 Å². The second-order valence-electron chi connectivity index (χ2n) is 15.4. The molecule has 4 saturated heterocycles. The monoisotopic (exact) mass is 928 g/mol. The number of carbonyl (C=O) groups excluding carboxylic acids is 2. The van der Waals surface area contributed by atoms with E-state index in [2.05, 4.69) is 10.6 Å². The Morgan fingerprint density at radius 2 is 1.27 bits per heavy atom. The molecule has 1 aromatic rings. The number of ether oxygens (including phenoxy) is 7. The second kappa shape index (κ2) is 22.1. The summed E-state index contributed by atoms with van der Waals surface area (Å²) in [6.45, 7) is -1.64. The topological polar surface area (TPSA) is 403 Å². The first-order valence-electron chi connectivity index (χ1n) is 19.8. The average molecular weight is 929 g/mol. The van der Waals surface area contributed by atoms with Gasteiger partial charge in [0.1, 0.15) is 90.9 Å². The number of aliphatic carboxylic acids is 1. The Morgan fingerprint density at radius 1 is 0.730 bits per heavy atom. The van der Waals surface area contributed by atoms with Gasteiger partial charge in [-0.15, -0.1) is 0 Å². The van der Waals surface area contributed by atoms with Gasteiger partial charge >= 0.3 is 5.97 Å². The van der Waals surface area contributed by atoms with Crippen LogP contribution in [-0.4, -0.2) is 238 Å². The van der Waals surface area contributed by atoms with Crippen LogP contribution >= 0.6 is 11.8 Å². The molecule has 0 bridgehead atoms. The Balaban J connectivity index is 1.35. The molecule has 0 unspecified atom stereocenters. The Bertz CT molecular complexity index is 1660. The Morgan fingerprint density at radius 3 is 1.83 bits per heavy atom. The number of thioether (sulfide) groups is 1. The normalized spacial score (nSPS) is 41.9. The molecular formula is C37H56N2O23S. The molecule has 0 spiro atoms. The Labute approximate surface area is 363 Å². The summed E-state index contributed by atoms with van der Waals surface area (Å²) in [7, 11) is 0. The first-order chi connectivity index (χ1) is 29.8. The van der Waals surface area contributed by atoms with E-state index in [1.807, 2.05) is 0 Å². The molecule has 4 aliphatic rings. The zero-order valence-electron chi connectivity index (χ0n) is 33.8. The first kappa shape index (κ1) is 51.2. The molecule has 2 amide bonds. The summed E-state index contributed by atoms with van der Waals surface area (Å²) < 4.78 is 40.2. The van der Waals surface area contributed by atoms with Gasteiger partial charge in [0, 0.05) is 25.2 Å². The minimum Gasteiger partial charge on any atom is -0.477 e. The molecule has 358 valence electrons. The number of carboxylic acid groups (broad SMARTS) is 1. The lowest BCUT2D eigenvalue weighted by Gasteiger charge is -2.51. The smallest absolute Gasteiger partial charge is 0.364 e. The quantitative estimate of drug-likeness (QED) is 0.0690. The van der Waals surface area contributed by atoms with Crippen molar-refractivity contribution >= 4 is 29.5 Å². The molecule has 15 N–H and O–H groups in total. The van der Waals surface area contributed by atoms with Gasteiger partial charge in [-0.05, 0) is 12.1 Å². The van der Waals surface area contributed by atoms with Crippen molar-refractivity contribution in [2.24, 2.45) is 0 Å². The minimum atomic E-state index is -3.11. The third-order valence-corrected chi connectivity index (χ3v) is 12.1. The van der Waals surface area contributed by atoms with Crippen LogP contribution in [0.2, 0.25) is 0 Å². The van der Waals surface area contributed by atoms with Crippen LogP contribution in [0.3, 0.4) is 0 Å². The third-order valence-electron chi connectivity index (χ3n) is 11.0. The molecule has 0 aromatic heterocycles. The van der Waals surface area contributed by atoms with E-state index in [9.17, 15) is 80.8 Å². The molecule has 26 heteroatoms. The fourth-order valence-electron chi connectivity index (χ4n) is 7.77. The van der Waals surface area contributed by atoms with Gasteiger partial charge in [0.25, 0.3) is 5.79 Å². The van der Waals surface area contributed by atoms with E-state index in [1.165, 1.54) is 6.92 Å². The number of hydrogen-bond acceptors (Lipinski definition) is 23. The molecule has 1 aromatic carbocycles. The van der Waals surface area contributed by atoms with Crippen molar-refractivity contribution in [1.29, 1.82) is 0 Å². The van der Waals surface area contributed by atoms with Gasteiger partial charge in [-0.2, -0.15) is 0 Å². The zero-order valence-corrected chi connectivity index (χ0v) is 34.6. The fourth-order valence-corrected chi connectivity index (χ4v) is 8.93. The second-order valence-corrected chi connectivity index (χ2v) is 16.6. The predicted molar refractivity (Wildman–Crippen MR) is 204 cm³/mol. The molecule has 0 saturated carbocycles. The number of amides is 2. The van der Waals surface area contributed by atoms with Crippen LogP contribution in [0.15, 0.2) is 35.2 Å². The SMILES string of the molecule is CC(=O)N[C@@H]1[C@@H](O)[C@H](O[C@@H]2O[C@H](CO)[C@H](O[C@H]3O[C@H](CO)[C@H](O)[C@H](O[C@]4(C(=O)O)C[C@H](O)[C@@H](NC(C)=O)[C@H]([C@H](O)[C@H](O)CO)O4)[C@H]3O)[C@H](O)[C@H]2O)[C@@H](CO)O[C@H]1Sc1ccccc1. The highest BCUT2D eigenvalue weighted by molar-refractivity contribution is 7.99. The Hall–Kier alpha value is -2.78. The van der Waals surface area contributed by atoms with Gasteiger partial charge in [-0.3, -0.25) is 9.59 Å². The van der Waals surface area contributed by atoms with Crippen molar-refractivity contribution in [3.63, 3.8) is 0 Å². The Kier molecular flexibility index (Phi) is 18.0. The maximum absolute atomic E-state index is 12.9. The van der Waals surface area contributed by atoms with Gasteiger partial charge in [0.2, 0.25) is 11.8 Å². The zero-order chi connectivity index (χ0) is 46.5. The van der Waals surface area contributed by atoms with E-state index < -0.39 is 178 Å². The summed E-state index contributed by atoms with van der Waals surface area (Å²) in [5.74, 6) is -6.45. The van der Waals surface area contributed by atoms with Crippen LogP contribution in [0.25, 0.3) is 0 Å². The highest BCUT2D eigenvalue weighted by atomic mass is 32.2. The number of benzene rings is 1. The standard InChI is InChI=1S/C37H56N2O23S/c1-13(44)38-21-16(46)8-37(36(54)55,61-31(21)23(48)17(47)9-40)62-32-24(49)18(10-41)56-34(28(32)53)60-30-19(11-42)57-33(27(52)26(30)51)59-29-20(12-43)58-35(22(25(29)50)39-14(2)45)63-15-6-4-3-5-7-15/h3-7,16-35,40-43,46-53H,8-12H2,1-2H3,(H,38,44)(H,39,45)(H,54,55)/t16-,17+,18+,19+,20+,21+,22+,23+,24-,25+,26+,27+,28+,29+,30-,31+,32-,33-,34+,35-,37-/m0/s1. The molecule has 4 aliphatic heterocycles. The van der Waals surface area contributed by atoms with Crippen molar-refractivity contribution in [3.8, 4) is 0 Å². The van der Waals surface area contributed by atoms with Crippen molar-refractivity contribution in [1.82, 2.24) is 10.6 Å². The number of carboxylic acids is 1. The van der Waals surface area contributed by atoms with E-state index in [4.69, 9.17) is 33.2 Å². The maximum atomic E-state index is 12.9. The summed E-state index contributed by atoms with van der Waals surface area (Å²) in [4.78, 5) is 37.7. The third kappa shape index (κ3) is 11.4. The summed E-state index contributed by atoms with van der Waals surface area (Å²) in [5, 5.41) is 144. The molecule has 63 heavy (non-hydrogen) atoms. The molecule has 4 fully saturated rings. The van der Waals surface area contributed by atoms with Crippen molar-refractivity contribution in [2.45, 2.75) is 153 Å². The molecule has 5 rings (SSSR count). The molecular weight excluding hydrogens is 872 g/mol. The number of rotatable bonds is 17. The van der Waals surface area contributed by atoms with Crippen molar-refractivity contribution in [2.75, 3.05) is 26.4 Å². The van der Waals surface area contributed by atoms with E-state index >= 15 is 0 Å². The predicted octanol–water partition coefficient (Wildman–Crippen LogP) is -7.46.